The van der Waals surface area contributed by atoms with Gasteiger partial charge < -0.3 is 15.2 Å². The number of ether oxygens (including phenoxy) is 1. The lowest BCUT2D eigenvalue weighted by Crippen LogP contribution is -2.43. The molecule has 1 aliphatic rings. The summed E-state index contributed by atoms with van der Waals surface area (Å²) in [6.07, 6.45) is 0. The number of hydrogen-bond acceptors (Lipinski definition) is 5. The van der Waals surface area contributed by atoms with Gasteiger partial charge in [-0.25, -0.2) is 13.1 Å². The van der Waals surface area contributed by atoms with E-state index in [1.165, 1.54) is 13.1 Å². The van der Waals surface area contributed by atoms with Gasteiger partial charge in [0.1, 0.15) is 10.3 Å². The van der Waals surface area contributed by atoms with E-state index in [1.807, 2.05) is 0 Å². The molecule has 2 atom stereocenters. The van der Waals surface area contributed by atoms with Crippen LogP contribution in [0, 0.1) is 5.41 Å². The average molecular weight is 314 g/mol. The average Bonchev–Trinajstić information content (AvgIpc) is 2.82. The summed E-state index contributed by atoms with van der Waals surface area (Å²) in [6.45, 7) is 1.87. The molecule has 21 heavy (non-hydrogen) atoms. The number of rotatable bonds is 5. The highest BCUT2D eigenvalue weighted by Crippen LogP contribution is 2.32. The molecule has 0 radical (unpaired) electrons. The molecular weight excluding hydrogens is 296 g/mol. The van der Waals surface area contributed by atoms with Crippen molar-refractivity contribution in [3.63, 3.8) is 0 Å². The minimum absolute atomic E-state index is 0.0761. The summed E-state index contributed by atoms with van der Waals surface area (Å²) in [5.74, 6) is -0.980. The summed E-state index contributed by atoms with van der Waals surface area (Å²) in [5.41, 5.74) is -0.744. The van der Waals surface area contributed by atoms with Crippen LogP contribution in [0.25, 0.3) is 0 Å². The molecule has 7 nitrogen and oxygen atoms in total. The van der Waals surface area contributed by atoms with Crippen LogP contribution >= 0.6 is 0 Å². The van der Waals surface area contributed by atoms with Gasteiger partial charge >= 0.3 is 5.97 Å². The number of benzene rings is 1. The van der Waals surface area contributed by atoms with Gasteiger partial charge in [-0.2, -0.15) is 0 Å². The van der Waals surface area contributed by atoms with E-state index in [0.29, 0.717) is 5.69 Å². The zero-order valence-corrected chi connectivity index (χ0v) is 12.6. The second-order valence-electron chi connectivity index (χ2n) is 5.14. The third-order valence-corrected chi connectivity index (χ3v) is 5.19. The second-order valence-corrected chi connectivity index (χ2v) is 6.99. The second kappa shape index (κ2) is 5.63. The first-order valence-electron chi connectivity index (χ1n) is 6.41. The van der Waals surface area contributed by atoms with E-state index in [-0.39, 0.29) is 18.1 Å². The number of aliphatic carboxylic acids is 1. The largest absolute Gasteiger partial charge is 0.481 e. The Morgan fingerprint density at radius 2 is 2.10 bits per heavy atom. The van der Waals surface area contributed by atoms with E-state index in [2.05, 4.69) is 10.0 Å². The van der Waals surface area contributed by atoms with E-state index >= 15 is 0 Å². The fourth-order valence-electron chi connectivity index (χ4n) is 2.20. The van der Waals surface area contributed by atoms with Crippen molar-refractivity contribution in [1.82, 2.24) is 4.72 Å². The van der Waals surface area contributed by atoms with Crippen LogP contribution in [0.4, 0.5) is 5.69 Å². The fraction of sp³-hybridized carbons (Fsp3) is 0.462. The minimum Gasteiger partial charge on any atom is -0.481 e. The molecule has 1 fully saturated rings. The number of para-hydroxylation sites is 1. The monoisotopic (exact) mass is 314 g/mol. The fourth-order valence-corrected chi connectivity index (χ4v) is 3.10. The van der Waals surface area contributed by atoms with Crippen molar-refractivity contribution >= 4 is 21.7 Å². The lowest BCUT2D eigenvalue weighted by molar-refractivity contribution is -0.148. The number of sulfonamides is 1. The minimum atomic E-state index is -3.63. The van der Waals surface area contributed by atoms with E-state index in [0.717, 1.165) is 0 Å². The maximum absolute atomic E-state index is 12.0. The SMILES string of the molecule is CNS(=O)(=O)c1ccccc1NC1COCC1(C)C(=O)O. The number of hydrogen-bond donors (Lipinski definition) is 3. The van der Waals surface area contributed by atoms with Crippen LogP contribution in [0.5, 0.6) is 0 Å². The Bertz CT molecular complexity index is 646. The summed E-state index contributed by atoms with van der Waals surface area (Å²) >= 11 is 0. The molecule has 0 aliphatic carbocycles. The van der Waals surface area contributed by atoms with Gasteiger partial charge in [0.2, 0.25) is 10.0 Å². The highest BCUT2D eigenvalue weighted by molar-refractivity contribution is 7.89. The quantitative estimate of drug-likeness (QED) is 0.731. The molecule has 1 aromatic carbocycles. The Balaban J connectivity index is 2.35. The van der Waals surface area contributed by atoms with Crippen LogP contribution < -0.4 is 10.0 Å². The Morgan fingerprint density at radius 3 is 2.71 bits per heavy atom. The third kappa shape index (κ3) is 2.87. The number of anilines is 1. The molecule has 116 valence electrons. The van der Waals surface area contributed by atoms with Crippen molar-refractivity contribution in [3.05, 3.63) is 24.3 Å². The summed E-state index contributed by atoms with van der Waals surface area (Å²) in [7, 11) is -2.30. The van der Waals surface area contributed by atoms with Crippen molar-refractivity contribution in [2.75, 3.05) is 25.6 Å². The van der Waals surface area contributed by atoms with Gasteiger partial charge in [0.15, 0.2) is 0 Å². The van der Waals surface area contributed by atoms with Crippen molar-refractivity contribution < 1.29 is 23.1 Å². The van der Waals surface area contributed by atoms with Crippen LogP contribution in [-0.2, 0) is 19.6 Å². The van der Waals surface area contributed by atoms with Crippen LogP contribution in [-0.4, -0.2) is 45.8 Å². The van der Waals surface area contributed by atoms with Crippen LogP contribution in [0.15, 0.2) is 29.2 Å². The smallest absolute Gasteiger partial charge is 0.313 e. The molecule has 8 heteroatoms. The third-order valence-electron chi connectivity index (χ3n) is 3.72. The molecular formula is C13H18N2O5S. The van der Waals surface area contributed by atoms with E-state index in [1.54, 1.807) is 25.1 Å². The lowest BCUT2D eigenvalue weighted by atomic mass is 9.85. The van der Waals surface area contributed by atoms with Gasteiger partial charge in [0.25, 0.3) is 0 Å². The van der Waals surface area contributed by atoms with Crippen LogP contribution in [0.3, 0.4) is 0 Å². The first kappa shape index (κ1) is 15.7. The predicted octanol–water partition coefficient (Wildman–Crippen LogP) is 0.496. The summed E-state index contributed by atoms with van der Waals surface area (Å²) in [6, 6.07) is 5.85. The van der Waals surface area contributed by atoms with Gasteiger partial charge in [0, 0.05) is 0 Å². The highest BCUT2D eigenvalue weighted by Gasteiger charge is 2.47. The van der Waals surface area contributed by atoms with E-state index in [4.69, 9.17) is 4.74 Å². The summed E-state index contributed by atoms with van der Waals surface area (Å²) in [4.78, 5) is 11.5. The molecule has 0 spiro atoms. The zero-order chi connectivity index (χ0) is 15.7. The molecule has 1 heterocycles. The van der Waals surface area contributed by atoms with Crippen LogP contribution in [0.2, 0.25) is 0 Å². The molecule has 0 saturated carbocycles. The molecule has 2 rings (SSSR count). The Kier molecular flexibility index (Phi) is 4.22. The molecule has 1 saturated heterocycles. The summed E-state index contributed by atoms with van der Waals surface area (Å²) in [5, 5.41) is 12.3. The van der Waals surface area contributed by atoms with Crippen molar-refractivity contribution in [2.45, 2.75) is 17.9 Å². The summed E-state index contributed by atoms with van der Waals surface area (Å²) < 4.78 is 31.5. The maximum Gasteiger partial charge on any atom is 0.313 e. The molecule has 0 bridgehead atoms. The Labute approximate surface area is 123 Å². The number of carbonyl (C=O) groups is 1. The van der Waals surface area contributed by atoms with Crippen molar-refractivity contribution in [1.29, 1.82) is 0 Å². The molecule has 3 N–H and O–H groups in total. The van der Waals surface area contributed by atoms with Crippen LogP contribution in [0.1, 0.15) is 6.92 Å². The number of carboxylic acid groups (broad SMARTS) is 1. The highest BCUT2D eigenvalue weighted by atomic mass is 32.2. The van der Waals surface area contributed by atoms with Crippen molar-refractivity contribution in [3.8, 4) is 0 Å². The van der Waals surface area contributed by atoms with E-state index in [9.17, 15) is 18.3 Å². The topological polar surface area (TPSA) is 105 Å². The Hall–Kier alpha value is -1.64. The van der Waals surface area contributed by atoms with Gasteiger partial charge in [0.05, 0.1) is 24.9 Å². The molecule has 1 aromatic rings. The normalized spacial score (nSPS) is 25.7. The van der Waals surface area contributed by atoms with E-state index < -0.39 is 27.4 Å². The zero-order valence-electron chi connectivity index (χ0n) is 11.8. The van der Waals surface area contributed by atoms with Gasteiger partial charge in [-0.3, -0.25) is 4.79 Å². The van der Waals surface area contributed by atoms with Gasteiger partial charge in [-0.1, -0.05) is 12.1 Å². The number of carboxylic acids is 1. The Morgan fingerprint density at radius 1 is 1.43 bits per heavy atom. The van der Waals surface area contributed by atoms with Gasteiger partial charge in [-0.05, 0) is 26.1 Å². The molecule has 0 aromatic heterocycles. The van der Waals surface area contributed by atoms with Crippen molar-refractivity contribution in [2.24, 2.45) is 5.41 Å². The maximum atomic E-state index is 12.0. The predicted molar refractivity (Wildman–Crippen MR) is 76.7 cm³/mol. The molecule has 2 unspecified atom stereocenters. The standard InChI is InChI=1S/C13H18N2O5S/c1-13(12(16)17)8-20-7-11(13)15-9-5-3-4-6-10(9)21(18,19)14-2/h3-6,11,14-15H,7-8H2,1-2H3,(H,16,17). The first-order valence-corrected chi connectivity index (χ1v) is 7.90. The number of nitrogens with one attached hydrogen (secondary N) is 2. The molecule has 1 aliphatic heterocycles. The lowest BCUT2D eigenvalue weighted by Gasteiger charge is -2.27. The van der Waals surface area contributed by atoms with Gasteiger partial charge in [-0.15, -0.1) is 0 Å². The molecule has 0 amide bonds. The first-order chi connectivity index (χ1) is 9.81.